The molecule has 0 fully saturated rings. The van der Waals surface area contributed by atoms with E-state index in [1.165, 1.54) is 23.1 Å². The molecule has 4 nitrogen and oxygen atoms in total. The second kappa shape index (κ2) is 7.41. The predicted molar refractivity (Wildman–Crippen MR) is 76.2 cm³/mol. The van der Waals surface area contributed by atoms with Crippen LogP contribution in [-0.4, -0.2) is 29.1 Å². The van der Waals surface area contributed by atoms with Crippen molar-refractivity contribution in [3.63, 3.8) is 0 Å². The molecule has 18 heavy (non-hydrogen) atoms. The number of hydrogen-bond donors (Lipinski definition) is 2. The quantitative estimate of drug-likeness (QED) is 0.786. The molecule has 0 saturated carbocycles. The maximum atomic E-state index is 11.7. The van der Waals surface area contributed by atoms with Crippen molar-refractivity contribution in [1.29, 1.82) is 5.26 Å². The third-order valence-electron chi connectivity index (χ3n) is 2.43. The Hall–Kier alpha value is -1.03. The second-order valence-electron chi connectivity index (χ2n) is 3.78. The Kier molecular flexibility index (Phi) is 6.19. The molecular weight excluding hydrogens is 268 g/mol. The van der Waals surface area contributed by atoms with Crippen molar-refractivity contribution in [2.24, 2.45) is 0 Å². The fraction of sp³-hybridized carbons (Fsp3) is 0.500. The van der Waals surface area contributed by atoms with E-state index >= 15 is 0 Å². The molecule has 1 aromatic heterocycles. The first-order valence-corrected chi connectivity index (χ1v) is 7.55. The highest BCUT2D eigenvalue weighted by atomic mass is 32.2. The molecule has 0 unspecified atom stereocenters. The zero-order chi connectivity index (χ0) is 13.5. The number of aryl methyl sites for hydroxylation is 1. The summed E-state index contributed by atoms with van der Waals surface area (Å²) >= 11 is 2.91. The molecule has 0 aliphatic heterocycles. The number of aliphatic hydroxyl groups excluding tert-OH is 1. The van der Waals surface area contributed by atoms with Crippen molar-refractivity contribution in [2.45, 2.75) is 20.3 Å². The van der Waals surface area contributed by atoms with Gasteiger partial charge in [0.1, 0.15) is 11.1 Å². The number of thioether (sulfide) groups is 1. The Labute approximate surface area is 115 Å². The average molecular weight is 284 g/mol. The zero-order valence-corrected chi connectivity index (χ0v) is 12.1. The van der Waals surface area contributed by atoms with Gasteiger partial charge in [0.15, 0.2) is 0 Å². The summed E-state index contributed by atoms with van der Waals surface area (Å²) in [7, 11) is 0. The number of amides is 1. The van der Waals surface area contributed by atoms with Gasteiger partial charge in [-0.3, -0.25) is 4.79 Å². The Morgan fingerprint density at radius 1 is 1.56 bits per heavy atom. The molecule has 0 saturated heterocycles. The molecule has 1 amide bonds. The van der Waals surface area contributed by atoms with Gasteiger partial charge >= 0.3 is 0 Å². The van der Waals surface area contributed by atoms with E-state index in [0.29, 0.717) is 22.7 Å². The largest absolute Gasteiger partial charge is 0.396 e. The van der Waals surface area contributed by atoms with Gasteiger partial charge in [-0.05, 0) is 31.6 Å². The van der Waals surface area contributed by atoms with Crippen LogP contribution in [0, 0.1) is 25.2 Å². The summed E-state index contributed by atoms with van der Waals surface area (Å²) in [6.45, 7) is 3.97. The van der Waals surface area contributed by atoms with Crippen LogP contribution in [0.3, 0.4) is 0 Å². The van der Waals surface area contributed by atoms with Crippen LogP contribution >= 0.6 is 23.1 Å². The van der Waals surface area contributed by atoms with Gasteiger partial charge in [0.2, 0.25) is 5.91 Å². The van der Waals surface area contributed by atoms with Crippen LogP contribution in [0.1, 0.15) is 22.4 Å². The number of thiophene rings is 1. The van der Waals surface area contributed by atoms with E-state index in [4.69, 9.17) is 10.4 Å². The van der Waals surface area contributed by atoms with Gasteiger partial charge in [0.05, 0.1) is 11.3 Å². The van der Waals surface area contributed by atoms with Gasteiger partial charge in [-0.15, -0.1) is 11.3 Å². The number of carbonyl (C=O) groups excluding carboxylic acids is 1. The highest BCUT2D eigenvalue weighted by Crippen LogP contribution is 2.31. The van der Waals surface area contributed by atoms with Crippen LogP contribution in [0.4, 0.5) is 5.00 Å². The summed E-state index contributed by atoms with van der Waals surface area (Å²) in [5.41, 5.74) is 1.50. The lowest BCUT2D eigenvalue weighted by Gasteiger charge is -2.03. The first-order valence-electron chi connectivity index (χ1n) is 5.58. The van der Waals surface area contributed by atoms with Gasteiger partial charge in [0.25, 0.3) is 0 Å². The van der Waals surface area contributed by atoms with E-state index in [2.05, 4.69) is 11.4 Å². The molecule has 1 rings (SSSR count). The third kappa shape index (κ3) is 4.02. The van der Waals surface area contributed by atoms with Crippen LogP contribution in [-0.2, 0) is 4.79 Å². The van der Waals surface area contributed by atoms with Gasteiger partial charge < -0.3 is 10.4 Å². The molecule has 2 N–H and O–H groups in total. The lowest BCUT2D eigenvalue weighted by Crippen LogP contribution is -2.14. The lowest BCUT2D eigenvalue weighted by molar-refractivity contribution is -0.113. The van der Waals surface area contributed by atoms with E-state index in [9.17, 15) is 4.79 Å². The smallest absolute Gasteiger partial charge is 0.235 e. The molecule has 6 heteroatoms. The minimum absolute atomic E-state index is 0.101. The number of nitriles is 1. The molecular formula is C12H16N2O2S2. The number of aliphatic hydroxyl groups is 1. The van der Waals surface area contributed by atoms with E-state index in [1.54, 1.807) is 0 Å². The molecule has 0 aromatic carbocycles. The monoisotopic (exact) mass is 284 g/mol. The maximum Gasteiger partial charge on any atom is 0.235 e. The minimum Gasteiger partial charge on any atom is -0.396 e. The van der Waals surface area contributed by atoms with Crippen molar-refractivity contribution < 1.29 is 9.90 Å². The fourth-order valence-corrected chi connectivity index (χ4v) is 3.11. The summed E-state index contributed by atoms with van der Waals surface area (Å²) < 4.78 is 0. The van der Waals surface area contributed by atoms with Gasteiger partial charge in [-0.1, -0.05) is 0 Å². The Balaban J connectivity index is 2.55. The summed E-state index contributed by atoms with van der Waals surface area (Å²) in [6.07, 6.45) is 0.693. The summed E-state index contributed by atoms with van der Waals surface area (Å²) in [4.78, 5) is 12.7. The zero-order valence-electron chi connectivity index (χ0n) is 10.4. The number of nitrogens with zero attached hydrogens (tertiary/aromatic N) is 1. The summed E-state index contributed by atoms with van der Waals surface area (Å²) in [5.74, 6) is 1.01. The SMILES string of the molecule is Cc1sc(NC(=O)CSCCCO)c(C#N)c1C. The Bertz CT molecular complexity index is 463. The Morgan fingerprint density at radius 2 is 2.28 bits per heavy atom. The minimum atomic E-state index is -0.101. The average Bonchev–Trinajstić information content (AvgIpc) is 2.60. The normalized spacial score (nSPS) is 10.1. The number of carbonyl (C=O) groups is 1. The first-order chi connectivity index (χ1) is 8.60. The van der Waals surface area contributed by atoms with Crippen molar-refractivity contribution in [3.05, 3.63) is 16.0 Å². The van der Waals surface area contributed by atoms with Crippen LogP contribution in [0.2, 0.25) is 0 Å². The van der Waals surface area contributed by atoms with Crippen molar-refractivity contribution >= 4 is 34.0 Å². The van der Waals surface area contributed by atoms with Crippen molar-refractivity contribution in [2.75, 3.05) is 23.4 Å². The topological polar surface area (TPSA) is 73.1 Å². The lowest BCUT2D eigenvalue weighted by atomic mass is 10.2. The van der Waals surface area contributed by atoms with E-state index in [0.717, 1.165) is 16.2 Å². The molecule has 1 aromatic rings. The molecule has 98 valence electrons. The molecule has 1 heterocycles. The van der Waals surface area contributed by atoms with E-state index in [-0.39, 0.29) is 12.5 Å². The molecule has 0 radical (unpaired) electrons. The number of anilines is 1. The summed E-state index contributed by atoms with van der Waals surface area (Å²) in [6, 6.07) is 2.12. The van der Waals surface area contributed by atoms with Gasteiger partial charge in [-0.25, -0.2) is 0 Å². The number of hydrogen-bond acceptors (Lipinski definition) is 5. The molecule has 0 aliphatic rings. The number of nitrogens with one attached hydrogen (secondary N) is 1. The number of rotatable bonds is 6. The predicted octanol–water partition coefficient (Wildman–Crippen LogP) is 2.29. The summed E-state index contributed by atoms with van der Waals surface area (Å²) in [5, 5.41) is 21.1. The standard InChI is InChI=1S/C12H16N2O2S2/c1-8-9(2)18-12(10(8)6-13)14-11(16)7-17-5-3-4-15/h15H,3-5,7H2,1-2H3,(H,14,16). The van der Waals surface area contributed by atoms with Crippen LogP contribution in [0.25, 0.3) is 0 Å². The fourth-order valence-electron chi connectivity index (χ4n) is 1.34. The van der Waals surface area contributed by atoms with Gasteiger partial charge in [-0.2, -0.15) is 17.0 Å². The molecule has 0 aliphatic carbocycles. The van der Waals surface area contributed by atoms with Gasteiger partial charge in [0, 0.05) is 11.5 Å². The third-order valence-corrected chi connectivity index (χ3v) is 4.60. The first kappa shape index (κ1) is 15.0. The van der Waals surface area contributed by atoms with E-state index < -0.39 is 0 Å². The maximum absolute atomic E-state index is 11.7. The molecule has 0 atom stereocenters. The van der Waals surface area contributed by atoms with Crippen LogP contribution in [0.15, 0.2) is 0 Å². The van der Waals surface area contributed by atoms with Crippen molar-refractivity contribution in [1.82, 2.24) is 0 Å². The highest BCUT2D eigenvalue weighted by Gasteiger charge is 2.14. The Morgan fingerprint density at radius 3 is 2.89 bits per heavy atom. The molecule has 0 spiro atoms. The van der Waals surface area contributed by atoms with Crippen LogP contribution in [0.5, 0.6) is 0 Å². The highest BCUT2D eigenvalue weighted by molar-refractivity contribution is 7.99. The van der Waals surface area contributed by atoms with E-state index in [1.807, 2.05) is 13.8 Å². The molecule has 0 bridgehead atoms. The van der Waals surface area contributed by atoms with Crippen LogP contribution < -0.4 is 5.32 Å². The second-order valence-corrected chi connectivity index (χ2v) is 6.11. The van der Waals surface area contributed by atoms with Crippen molar-refractivity contribution in [3.8, 4) is 6.07 Å².